The summed E-state index contributed by atoms with van der Waals surface area (Å²) in [6.07, 6.45) is -0.221. The monoisotopic (exact) mass is 313 g/mol. The minimum atomic E-state index is -1.01. The van der Waals surface area contributed by atoms with Gasteiger partial charge in [0.25, 0.3) is 0 Å². The number of carboxylic acids is 1. The quantitative estimate of drug-likeness (QED) is 0.882. The van der Waals surface area contributed by atoms with Gasteiger partial charge in [-0.3, -0.25) is 4.79 Å². The summed E-state index contributed by atoms with van der Waals surface area (Å²) in [6.45, 7) is 0. The summed E-state index contributed by atoms with van der Waals surface area (Å²) in [5.74, 6) is -2.16. The lowest BCUT2D eigenvalue weighted by Crippen LogP contribution is -2.14. The Labute approximate surface area is 133 Å². The number of nitriles is 1. The zero-order valence-corrected chi connectivity index (χ0v) is 12.6. The molecule has 2 atom stereocenters. The van der Waals surface area contributed by atoms with Crippen LogP contribution in [0.1, 0.15) is 29.4 Å². The average Bonchev–Trinajstić information content (AvgIpc) is 2.54. The minimum Gasteiger partial charge on any atom is -0.497 e. The zero-order valence-electron chi connectivity index (χ0n) is 12.6. The standard InChI is InChI=1S/C18H16FNO3/c1-23-15-7-5-12(6-8-15)16(10-18(21)22)17(11-20)13-3-2-4-14(19)9-13/h2-9,16-17H,10H2,1H3,(H,21,22). The van der Waals surface area contributed by atoms with Crippen LogP contribution in [0.15, 0.2) is 48.5 Å². The zero-order chi connectivity index (χ0) is 16.8. The van der Waals surface area contributed by atoms with Gasteiger partial charge in [-0.25, -0.2) is 4.39 Å². The molecule has 0 saturated carbocycles. The van der Waals surface area contributed by atoms with E-state index in [1.165, 1.54) is 25.3 Å². The van der Waals surface area contributed by atoms with Gasteiger partial charge in [0.05, 0.1) is 25.5 Å². The Bertz CT molecular complexity index is 722. The molecule has 0 amide bonds. The first-order chi connectivity index (χ1) is 11.0. The number of ether oxygens (including phenoxy) is 1. The van der Waals surface area contributed by atoms with Crippen molar-refractivity contribution in [3.63, 3.8) is 0 Å². The Balaban J connectivity index is 2.42. The van der Waals surface area contributed by atoms with Crippen molar-refractivity contribution in [2.75, 3.05) is 7.11 Å². The normalized spacial score (nSPS) is 12.9. The van der Waals surface area contributed by atoms with E-state index in [-0.39, 0.29) is 6.42 Å². The van der Waals surface area contributed by atoms with Crippen LogP contribution < -0.4 is 4.74 Å². The Morgan fingerprint density at radius 3 is 2.48 bits per heavy atom. The summed E-state index contributed by atoms with van der Waals surface area (Å²) in [7, 11) is 1.54. The first-order valence-electron chi connectivity index (χ1n) is 7.06. The number of benzene rings is 2. The maximum absolute atomic E-state index is 13.4. The van der Waals surface area contributed by atoms with Crippen molar-refractivity contribution >= 4 is 5.97 Å². The van der Waals surface area contributed by atoms with Gasteiger partial charge in [0.1, 0.15) is 11.6 Å². The van der Waals surface area contributed by atoms with Crippen LogP contribution >= 0.6 is 0 Å². The molecule has 0 aliphatic rings. The second kappa shape index (κ2) is 7.41. The molecule has 0 fully saturated rings. The fourth-order valence-corrected chi connectivity index (χ4v) is 2.56. The van der Waals surface area contributed by atoms with Gasteiger partial charge in [-0.05, 0) is 35.4 Å². The van der Waals surface area contributed by atoms with Crippen molar-refractivity contribution in [3.8, 4) is 11.8 Å². The van der Waals surface area contributed by atoms with Crippen LogP contribution in [-0.2, 0) is 4.79 Å². The van der Waals surface area contributed by atoms with Gasteiger partial charge in [-0.2, -0.15) is 5.26 Å². The van der Waals surface area contributed by atoms with Crippen LogP contribution in [0.4, 0.5) is 4.39 Å². The molecule has 2 aromatic carbocycles. The Kier molecular flexibility index (Phi) is 5.32. The van der Waals surface area contributed by atoms with Gasteiger partial charge in [0, 0.05) is 5.92 Å². The van der Waals surface area contributed by atoms with Crippen molar-refractivity contribution in [2.45, 2.75) is 18.3 Å². The van der Waals surface area contributed by atoms with E-state index >= 15 is 0 Å². The molecule has 118 valence electrons. The molecular weight excluding hydrogens is 297 g/mol. The third-order valence-corrected chi connectivity index (χ3v) is 3.69. The van der Waals surface area contributed by atoms with Crippen molar-refractivity contribution in [1.82, 2.24) is 0 Å². The highest BCUT2D eigenvalue weighted by Crippen LogP contribution is 2.36. The number of nitrogens with zero attached hydrogens (tertiary/aromatic N) is 1. The fourth-order valence-electron chi connectivity index (χ4n) is 2.56. The van der Waals surface area contributed by atoms with E-state index in [4.69, 9.17) is 4.74 Å². The maximum atomic E-state index is 13.4. The van der Waals surface area contributed by atoms with Gasteiger partial charge in [-0.1, -0.05) is 24.3 Å². The molecule has 0 saturated heterocycles. The molecule has 0 bridgehead atoms. The average molecular weight is 313 g/mol. The third-order valence-electron chi connectivity index (χ3n) is 3.69. The second-order valence-corrected chi connectivity index (χ2v) is 5.14. The summed E-state index contributed by atoms with van der Waals surface area (Å²) in [6, 6.07) is 14.7. The van der Waals surface area contributed by atoms with E-state index in [1.54, 1.807) is 30.3 Å². The second-order valence-electron chi connectivity index (χ2n) is 5.14. The van der Waals surface area contributed by atoms with Crippen molar-refractivity contribution < 1.29 is 19.0 Å². The van der Waals surface area contributed by atoms with E-state index in [2.05, 4.69) is 6.07 Å². The van der Waals surface area contributed by atoms with E-state index in [0.29, 0.717) is 16.9 Å². The van der Waals surface area contributed by atoms with Crippen LogP contribution in [-0.4, -0.2) is 18.2 Å². The van der Waals surface area contributed by atoms with Crippen LogP contribution in [0.25, 0.3) is 0 Å². The molecule has 5 heteroatoms. The van der Waals surface area contributed by atoms with E-state index in [0.717, 1.165) is 0 Å². The van der Waals surface area contributed by atoms with Crippen molar-refractivity contribution in [3.05, 3.63) is 65.5 Å². The Morgan fingerprint density at radius 1 is 1.26 bits per heavy atom. The molecule has 0 aliphatic carbocycles. The van der Waals surface area contributed by atoms with E-state index in [1.807, 2.05) is 0 Å². The lowest BCUT2D eigenvalue weighted by Gasteiger charge is -2.21. The first-order valence-corrected chi connectivity index (χ1v) is 7.06. The smallest absolute Gasteiger partial charge is 0.304 e. The first kappa shape index (κ1) is 16.5. The molecule has 1 N–H and O–H groups in total. The number of carboxylic acid groups (broad SMARTS) is 1. The molecule has 2 aromatic rings. The summed E-state index contributed by atoms with van der Waals surface area (Å²) in [4.78, 5) is 11.2. The number of hydrogen-bond donors (Lipinski definition) is 1. The predicted octanol–water partition coefficient (Wildman–Crippen LogP) is 3.70. The molecule has 0 spiro atoms. The molecule has 0 heterocycles. The summed E-state index contributed by atoms with van der Waals surface area (Å²) >= 11 is 0. The lowest BCUT2D eigenvalue weighted by atomic mass is 9.80. The van der Waals surface area contributed by atoms with Gasteiger partial charge in [0.15, 0.2) is 0 Å². The minimum absolute atomic E-state index is 0.221. The van der Waals surface area contributed by atoms with Crippen LogP contribution in [0.2, 0.25) is 0 Å². The van der Waals surface area contributed by atoms with Gasteiger partial charge >= 0.3 is 5.97 Å². The van der Waals surface area contributed by atoms with Crippen LogP contribution in [0.5, 0.6) is 5.75 Å². The molecular formula is C18H16FNO3. The van der Waals surface area contributed by atoms with E-state index < -0.39 is 23.6 Å². The topological polar surface area (TPSA) is 70.3 Å². The van der Waals surface area contributed by atoms with Gasteiger partial charge in [-0.15, -0.1) is 0 Å². The van der Waals surface area contributed by atoms with Gasteiger partial charge in [0.2, 0.25) is 0 Å². The third kappa shape index (κ3) is 4.07. The number of methoxy groups -OCH3 is 1. The summed E-state index contributed by atoms with van der Waals surface area (Å²) in [5, 5.41) is 18.7. The number of hydrogen-bond acceptors (Lipinski definition) is 3. The lowest BCUT2D eigenvalue weighted by molar-refractivity contribution is -0.137. The summed E-state index contributed by atoms with van der Waals surface area (Å²) < 4.78 is 18.5. The number of aliphatic carboxylic acids is 1. The fraction of sp³-hybridized carbons (Fsp3) is 0.222. The number of halogens is 1. The number of rotatable bonds is 6. The Hall–Kier alpha value is -2.87. The molecule has 0 aromatic heterocycles. The highest BCUT2D eigenvalue weighted by molar-refractivity contribution is 5.68. The van der Waals surface area contributed by atoms with Crippen molar-refractivity contribution in [2.24, 2.45) is 0 Å². The predicted molar refractivity (Wildman–Crippen MR) is 82.7 cm³/mol. The molecule has 2 rings (SSSR count). The van der Waals surface area contributed by atoms with Gasteiger partial charge < -0.3 is 9.84 Å². The largest absolute Gasteiger partial charge is 0.497 e. The highest BCUT2D eigenvalue weighted by atomic mass is 19.1. The summed E-state index contributed by atoms with van der Waals surface area (Å²) in [5.41, 5.74) is 1.17. The molecule has 0 aliphatic heterocycles. The molecule has 23 heavy (non-hydrogen) atoms. The molecule has 4 nitrogen and oxygen atoms in total. The SMILES string of the molecule is COc1ccc(C(CC(=O)O)C(C#N)c2cccc(F)c2)cc1. The number of carbonyl (C=O) groups is 1. The Morgan fingerprint density at radius 2 is 1.96 bits per heavy atom. The van der Waals surface area contributed by atoms with Crippen molar-refractivity contribution in [1.29, 1.82) is 5.26 Å². The van der Waals surface area contributed by atoms with E-state index in [9.17, 15) is 19.6 Å². The van der Waals surface area contributed by atoms with Crippen LogP contribution in [0, 0.1) is 17.1 Å². The van der Waals surface area contributed by atoms with Crippen LogP contribution in [0.3, 0.4) is 0 Å². The molecule has 2 unspecified atom stereocenters. The molecule has 0 radical (unpaired) electrons. The highest BCUT2D eigenvalue weighted by Gasteiger charge is 2.27. The maximum Gasteiger partial charge on any atom is 0.304 e.